The van der Waals surface area contributed by atoms with Crippen LogP contribution in [0.15, 0.2) is 65.9 Å². The van der Waals surface area contributed by atoms with Crippen molar-refractivity contribution in [2.24, 2.45) is 28.6 Å². The number of nitrogens with two attached hydrogens (primary N) is 1. The highest BCUT2D eigenvalue weighted by Gasteiger charge is 2.54. The van der Waals surface area contributed by atoms with Gasteiger partial charge in [-0.25, -0.2) is 13.9 Å². The third-order valence-corrected chi connectivity index (χ3v) is 7.86. The number of nitrogens with zero attached hydrogens (tertiary/aromatic N) is 3. The second-order valence-electron chi connectivity index (χ2n) is 10.2. The van der Waals surface area contributed by atoms with E-state index in [-0.39, 0.29) is 17.1 Å². The van der Waals surface area contributed by atoms with Crippen molar-refractivity contribution in [2.45, 2.75) is 43.9 Å². The van der Waals surface area contributed by atoms with E-state index in [1.807, 2.05) is 30.3 Å². The Bertz CT molecular complexity index is 1210. The molecular weight excluding hydrogens is 431 g/mol. The third kappa shape index (κ3) is 3.69. The van der Waals surface area contributed by atoms with Gasteiger partial charge in [0.05, 0.1) is 11.4 Å². The van der Waals surface area contributed by atoms with Gasteiger partial charge in [0.25, 0.3) is 0 Å². The van der Waals surface area contributed by atoms with E-state index in [1.54, 1.807) is 10.9 Å². The molecule has 7 rings (SSSR count). The van der Waals surface area contributed by atoms with Crippen LogP contribution in [0.3, 0.4) is 0 Å². The van der Waals surface area contributed by atoms with Gasteiger partial charge in [0.1, 0.15) is 11.4 Å². The Morgan fingerprint density at radius 1 is 1.00 bits per heavy atom. The normalized spacial score (nSPS) is 27.7. The summed E-state index contributed by atoms with van der Waals surface area (Å²) in [4.78, 5) is 18.6. The number of para-hydroxylation sites is 1. The Kier molecular flexibility index (Phi) is 5.01. The first-order chi connectivity index (χ1) is 16.5. The summed E-state index contributed by atoms with van der Waals surface area (Å²) < 4.78 is 15.0. The van der Waals surface area contributed by atoms with E-state index in [9.17, 15) is 9.18 Å². The fourth-order valence-corrected chi connectivity index (χ4v) is 6.84. The van der Waals surface area contributed by atoms with Gasteiger partial charge >= 0.3 is 5.97 Å². The molecule has 2 N–H and O–H groups in total. The van der Waals surface area contributed by atoms with Crippen LogP contribution in [-0.4, -0.2) is 21.6 Å². The fourth-order valence-electron chi connectivity index (χ4n) is 6.84. The van der Waals surface area contributed by atoms with Crippen molar-refractivity contribution in [1.82, 2.24) is 9.78 Å². The van der Waals surface area contributed by atoms with Crippen LogP contribution >= 0.6 is 0 Å². The molecular formula is C27H27FN4O2. The molecule has 1 aromatic heterocycles. The van der Waals surface area contributed by atoms with Gasteiger partial charge in [0, 0.05) is 17.2 Å². The minimum absolute atomic E-state index is 0.0140. The number of aromatic nitrogens is 2. The summed E-state index contributed by atoms with van der Waals surface area (Å²) in [6, 6.07) is 15.4. The van der Waals surface area contributed by atoms with Crippen LogP contribution in [0.5, 0.6) is 0 Å². The molecule has 0 atom stereocenters. The molecule has 7 heteroatoms. The van der Waals surface area contributed by atoms with E-state index in [1.165, 1.54) is 43.5 Å². The molecule has 34 heavy (non-hydrogen) atoms. The standard InChI is InChI=1S/C27H27FN4O2/c28-21-8-6-20(7-9-21)25(29)31-34-26(33)23-16-32(22-4-2-1-3-5-22)30-24(23)27-13-17-10-18(14-27)12-19(11-17)15-27/h1-9,16-19H,10-15H2,(H2,29,31). The maximum Gasteiger partial charge on any atom is 0.369 e. The summed E-state index contributed by atoms with van der Waals surface area (Å²) in [5.74, 6) is 1.21. The van der Waals surface area contributed by atoms with Crippen LogP contribution in [0.25, 0.3) is 5.69 Å². The molecule has 0 saturated heterocycles. The quantitative estimate of drug-likeness (QED) is 0.254. The molecule has 0 amide bonds. The third-order valence-electron chi connectivity index (χ3n) is 7.86. The van der Waals surface area contributed by atoms with Gasteiger partial charge in [0.15, 0.2) is 5.84 Å². The molecule has 0 aliphatic heterocycles. The second kappa shape index (κ2) is 8.08. The van der Waals surface area contributed by atoms with Gasteiger partial charge in [-0.15, -0.1) is 0 Å². The summed E-state index contributed by atoms with van der Waals surface area (Å²) in [5.41, 5.74) is 8.54. The largest absolute Gasteiger partial charge is 0.380 e. The first-order valence-electron chi connectivity index (χ1n) is 12.0. The van der Waals surface area contributed by atoms with Gasteiger partial charge in [-0.2, -0.15) is 5.10 Å². The molecule has 174 valence electrons. The number of oxime groups is 1. The number of amidine groups is 1. The highest BCUT2D eigenvalue weighted by atomic mass is 19.1. The summed E-state index contributed by atoms with van der Waals surface area (Å²) in [7, 11) is 0. The SMILES string of the molecule is N/C(=N\OC(=O)c1cn(-c2ccccc2)nc1C12CC3CC(CC(C3)C1)C2)c1ccc(F)cc1. The van der Waals surface area contributed by atoms with Gasteiger partial charge < -0.3 is 10.6 Å². The zero-order chi connectivity index (χ0) is 23.3. The van der Waals surface area contributed by atoms with Crippen molar-refractivity contribution in [3.63, 3.8) is 0 Å². The predicted molar refractivity (Wildman–Crippen MR) is 126 cm³/mol. The monoisotopic (exact) mass is 458 g/mol. The van der Waals surface area contributed by atoms with Gasteiger partial charge in [0.2, 0.25) is 0 Å². The first-order valence-corrected chi connectivity index (χ1v) is 12.0. The van der Waals surface area contributed by atoms with E-state index in [2.05, 4.69) is 5.16 Å². The number of benzene rings is 2. The van der Waals surface area contributed by atoms with Crippen LogP contribution in [-0.2, 0) is 10.3 Å². The van der Waals surface area contributed by atoms with Crippen LogP contribution < -0.4 is 5.73 Å². The van der Waals surface area contributed by atoms with Crippen molar-refractivity contribution in [2.75, 3.05) is 0 Å². The fraction of sp³-hybridized carbons (Fsp3) is 0.370. The summed E-state index contributed by atoms with van der Waals surface area (Å²) in [6.07, 6.45) is 8.89. The predicted octanol–water partition coefficient (Wildman–Crippen LogP) is 4.96. The number of halogens is 1. The van der Waals surface area contributed by atoms with Crippen molar-refractivity contribution >= 4 is 11.8 Å². The Morgan fingerprint density at radius 2 is 1.62 bits per heavy atom. The van der Waals surface area contributed by atoms with E-state index >= 15 is 0 Å². The Morgan fingerprint density at radius 3 is 2.24 bits per heavy atom. The van der Waals surface area contributed by atoms with Crippen LogP contribution in [0.1, 0.15) is 60.1 Å². The van der Waals surface area contributed by atoms with Gasteiger partial charge in [-0.3, -0.25) is 0 Å². The van der Waals surface area contributed by atoms with Crippen molar-refractivity contribution in [3.05, 3.63) is 83.4 Å². The highest BCUT2D eigenvalue weighted by molar-refractivity contribution is 5.98. The van der Waals surface area contributed by atoms with Crippen molar-refractivity contribution in [3.8, 4) is 5.69 Å². The number of carbonyl (C=O) groups excluding carboxylic acids is 1. The molecule has 4 aliphatic carbocycles. The number of hydrogen-bond donors (Lipinski definition) is 1. The first kappa shape index (κ1) is 21.1. The topological polar surface area (TPSA) is 82.5 Å². The van der Waals surface area contributed by atoms with Crippen molar-refractivity contribution < 1.29 is 14.0 Å². The van der Waals surface area contributed by atoms with Gasteiger partial charge in [-0.05, 0) is 92.7 Å². The Labute approximate surface area is 197 Å². The Balaban J connectivity index is 1.35. The lowest BCUT2D eigenvalue weighted by Crippen LogP contribution is -2.49. The van der Waals surface area contributed by atoms with Crippen LogP contribution in [0.2, 0.25) is 0 Å². The second-order valence-corrected chi connectivity index (χ2v) is 10.2. The zero-order valence-corrected chi connectivity index (χ0v) is 18.9. The molecule has 0 spiro atoms. The number of hydrogen-bond acceptors (Lipinski definition) is 4. The minimum atomic E-state index is -0.571. The summed E-state index contributed by atoms with van der Waals surface area (Å²) in [5, 5.41) is 8.84. The average Bonchev–Trinajstić information content (AvgIpc) is 3.29. The molecule has 4 saturated carbocycles. The van der Waals surface area contributed by atoms with E-state index < -0.39 is 5.97 Å². The molecule has 6 nitrogen and oxygen atoms in total. The van der Waals surface area contributed by atoms with E-state index in [4.69, 9.17) is 15.7 Å². The molecule has 4 fully saturated rings. The molecule has 3 aromatic rings. The lowest BCUT2D eigenvalue weighted by Gasteiger charge is -2.56. The molecule has 4 aliphatic rings. The van der Waals surface area contributed by atoms with E-state index in [0.717, 1.165) is 30.6 Å². The lowest BCUT2D eigenvalue weighted by atomic mass is 9.48. The summed E-state index contributed by atoms with van der Waals surface area (Å²) >= 11 is 0. The van der Waals surface area contributed by atoms with Crippen LogP contribution in [0.4, 0.5) is 4.39 Å². The average molecular weight is 459 g/mol. The van der Waals surface area contributed by atoms with Gasteiger partial charge in [-0.1, -0.05) is 23.4 Å². The maximum absolute atomic E-state index is 13.3. The molecule has 0 unspecified atom stereocenters. The smallest absolute Gasteiger partial charge is 0.369 e. The number of carbonyl (C=O) groups is 1. The number of rotatable bonds is 5. The van der Waals surface area contributed by atoms with E-state index in [0.29, 0.717) is 28.9 Å². The van der Waals surface area contributed by atoms with Crippen LogP contribution in [0, 0.1) is 23.6 Å². The minimum Gasteiger partial charge on any atom is -0.380 e. The Hall–Kier alpha value is -3.48. The van der Waals surface area contributed by atoms with Crippen molar-refractivity contribution in [1.29, 1.82) is 0 Å². The molecule has 0 radical (unpaired) electrons. The summed E-state index contributed by atoms with van der Waals surface area (Å²) in [6.45, 7) is 0. The highest BCUT2D eigenvalue weighted by Crippen LogP contribution is 2.60. The molecule has 1 heterocycles. The molecule has 4 bridgehead atoms. The molecule has 2 aromatic carbocycles. The lowest BCUT2D eigenvalue weighted by molar-refractivity contribution is -0.00818. The maximum atomic E-state index is 13.3. The zero-order valence-electron chi connectivity index (χ0n) is 18.9.